The fraction of sp³-hybridized carbons (Fsp3) is 0.111. The Morgan fingerprint density at radius 3 is 3.07 bits per heavy atom. The number of aromatic nitrogens is 2. The molecule has 2 heterocycles. The van der Waals surface area contributed by atoms with Gasteiger partial charge in [0.2, 0.25) is 0 Å². The molecule has 6 heteroatoms. The molecule has 0 aliphatic rings. The summed E-state index contributed by atoms with van der Waals surface area (Å²) in [5.41, 5.74) is 0. The van der Waals surface area contributed by atoms with E-state index < -0.39 is 0 Å². The minimum absolute atomic E-state index is 0.535. The molecular weight excluding hydrogens is 281 g/mol. The van der Waals surface area contributed by atoms with Crippen LogP contribution < -0.4 is 5.32 Å². The van der Waals surface area contributed by atoms with Gasteiger partial charge in [0, 0.05) is 12.3 Å². The van der Waals surface area contributed by atoms with Crippen LogP contribution in [0.15, 0.2) is 33.5 Å². The molecule has 78 valence electrons. The van der Waals surface area contributed by atoms with E-state index in [9.17, 15) is 0 Å². The van der Waals surface area contributed by atoms with Crippen molar-refractivity contribution in [3.63, 3.8) is 0 Å². The van der Waals surface area contributed by atoms with Crippen LogP contribution >= 0.6 is 27.5 Å². The first-order valence-corrected chi connectivity index (χ1v) is 5.37. The highest BCUT2D eigenvalue weighted by atomic mass is 79.9. The molecule has 0 saturated heterocycles. The Hall–Kier alpha value is -1.07. The lowest BCUT2D eigenvalue weighted by Gasteiger charge is -2.05. The van der Waals surface area contributed by atoms with Crippen LogP contribution in [0.1, 0.15) is 5.76 Å². The number of rotatable bonds is 3. The molecule has 0 spiro atoms. The Bertz CT molecular complexity index is 447. The zero-order valence-electron chi connectivity index (χ0n) is 7.58. The lowest BCUT2D eigenvalue weighted by molar-refractivity contribution is 0.388. The molecule has 0 fully saturated rings. The van der Waals surface area contributed by atoms with Crippen molar-refractivity contribution in [2.24, 2.45) is 0 Å². The van der Waals surface area contributed by atoms with Gasteiger partial charge in [-0.1, -0.05) is 16.8 Å². The minimum Gasteiger partial charge on any atom is -0.362 e. The predicted octanol–water partition coefficient (Wildman–Crippen LogP) is 3.10. The van der Waals surface area contributed by atoms with Gasteiger partial charge in [-0.3, -0.25) is 0 Å². The van der Waals surface area contributed by atoms with Crippen molar-refractivity contribution in [1.29, 1.82) is 0 Å². The molecule has 0 aliphatic carbocycles. The lowest BCUT2D eigenvalue weighted by atomic mass is 10.4. The SMILES string of the molecule is Clc1cnc(NCc2ccno2)c(Br)c1. The fourth-order valence-electron chi connectivity index (χ4n) is 1.05. The van der Waals surface area contributed by atoms with Crippen LogP contribution in [0.4, 0.5) is 5.82 Å². The van der Waals surface area contributed by atoms with E-state index in [1.165, 1.54) is 0 Å². The third-order valence-electron chi connectivity index (χ3n) is 1.73. The van der Waals surface area contributed by atoms with Crippen LogP contribution in [0.25, 0.3) is 0 Å². The molecule has 15 heavy (non-hydrogen) atoms. The van der Waals surface area contributed by atoms with Gasteiger partial charge in [0.25, 0.3) is 0 Å². The average Bonchev–Trinajstić information content (AvgIpc) is 2.69. The maximum absolute atomic E-state index is 5.77. The van der Waals surface area contributed by atoms with Crippen molar-refractivity contribution in [2.45, 2.75) is 6.54 Å². The second-order valence-corrected chi connectivity index (χ2v) is 4.11. The minimum atomic E-state index is 0.535. The number of nitrogens with zero attached hydrogens (tertiary/aromatic N) is 2. The molecule has 4 nitrogen and oxygen atoms in total. The van der Waals surface area contributed by atoms with Crippen LogP contribution in [0.5, 0.6) is 0 Å². The van der Waals surface area contributed by atoms with Crippen molar-refractivity contribution in [1.82, 2.24) is 10.1 Å². The van der Waals surface area contributed by atoms with Gasteiger partial charge in [-0.2, -0.15) is 0 Å². The van der Waals surface area contributed by atoms with Crippen molar-refractivity contribution >= 4 is 33.3 Å². The molecule has 1 N–H and O–H groups in total. The Kier molecular flexibility index (Phi) is 3.23. The molecule has 2 rings (SSSR count). The number of pyridine rings is 1. The summed E-state index contributed by atoms with van der Waals surface area (Å²) in [6, 6.07) is 3.56. The largest absolute Gasteiger partial charge is 0.362 e. The maximum atomic E-state index is 5.77. The molecule has 0 bridgehead atoms. The predicted molar refractivity (Wildman–Crippen MR) is 60.8 cm³/mol. The maximum Gasteiger partial charge on any atom is 0.155 e. The number of anilines is 1. The topological polar surface area (TPSA) is 51.0 Å². The zero-order valence-corrected chi connectivity index (χ0v) is 9.92. The summed E-state index contributed by atoms with van der Waals surface area (Å²) in [5, 5.41) is 7.28. The number of hydrogen-bond donors (Lipinski definition) is 1. The highest BCUT2D eigenvalue weighted by Gasteiger charge is 2.03. The van der Waals surface area contributed by atoms with Crippen molar-refractivity contribution in [3.05, 3.63) is 39.8 Å². The van der Waals surface area contributed by atoms with E-state index >= 15 is 0 Å². The smallest absolute Gasteiger partial charge is 0.155 e. The Labute approximate surface area is 99.8 Å². The van der Waals surface area contributed by atoms with E-state index in [0.29, 0.717) is 11.6 Å². The van der Waals surface area contributed by atoms with Crippen molar-refractivity contribution in [3.8, 4) is 0 Å². The number of hydrogen-bond acceptors (Lipinski definition) is 4. The normalized spacial score (nSPS) is 10.3. The van der Waals surface area contributed by atoms with E-state index in [4.69, 9.17) is 16.1 Å². The number of nitrogens with one attached hydrogen (secondary N) is 1. The Morgan fingerprint density at radius 1 is 1.53 bits per heavy atom. The monoisotopic (exact) mass is 287 g/mol. The molecule has 0 radical (unpaired) electrons. The molecule has 0 unspecified atom stereocenters. The highest BCUT2D eigenvalue weighted by Crippen LogP contribution is 2.23. The summed E-state index contributed by atoms with van der Waals surface area (Å²) in [6.07, 6.45) is 3.18. The van der Waals surface area contributed by atoms with Crippen LogP contribution in [-0.2, 0) is 6.54 Å². The summed E-state index contributed by atoms with van der Waals surface area (Å²) in [4.78, 5) is 4.13. The summed E-state index contributed by atoms with van der Waals surface area (Å²) in [5.74, 6) is 1.47. The summed E-state index contributed by atoms with van der Waals surface area (Å²) >= 11 is 9.12. The molecule has 0 amide bonds. The van der Waals surface area contributed by atoms with Gasteiger partial charge in [0.1, 0.15) is 5.82 Å². The van der Waals surface area contributed by atoms with Crippen LogP contribution in [0.2, 0.25) is 5.02 Å². The van der Waals surface area contributed by atoms with E-state index in [1.54, 1.807) is 24.5 Å². The number of halogens is 2. The van der Waals surface area contributed by atoms with Gasteiger partial charge in [0.15, 0.2) is 5.76 Å². The molecule has 2 aromatic rings. The van der Waals surface area contributed by atoms with E-state index in [1.807, 2.05) is 0 Å². The molecule has 0 aromatic carbocycles. The Balaban J connectivity index is 2.05. The van der Waals surface area contributed by atoms with E-state index in [-0.39, 0.29) is 0 Å². The fourth-order valence-corrected chi connectivity index (χ4v) is 1.83. The standard InChI is InChI=1S/C9H7BrClN3O/c10-8-3-6(11)4-12-9(8)13-5-7-1-2-14-15-7/h1-4H,5H2,(H,12,13). The second kappa shape index (κ2) is 4.63. The zero-order chi connectivity index (χ0) is 10.7. The lowest BCUT2D eigenvalue weighted by Crippen LogP contribution is -2.00. The molecule has 0 saturated carbocycles. The van der Waals surface area contributed by atoms with Gasteiger partial charge in [-0.15, -0.1) is 0 Å². The average molecular weight is 289 g/mol. The molecule has 0 aliphatic heterocycles. The third-order valence-corrected chi connectivity index (χ3v) is 2.54. The summed E-state index contributed by atoms with van der Waals surface area (Å²) < 4.78 is 5.75. The first-order chi connectivity index (χ1) is 7.25. The third kappa shape index (κ3) is 2.70. The Morgan fingerprint density at radius 2 is 2.40 bits per heavy atom. The summed E-state index contributed by atoms with van der Waals surface area (Å²) in [7, 11) is 0. The molecular formula is C9H7BrClN3O. The van der Waals surface area contributed by atoms with Crippen LogP contribution in [0.3, 0.4) is 0 Å². The van der Waals surface area contributed by atoms with Gasteiger partial charge in [-0.25, -0.2) is 4.98 Å². The highest BCUT2D eigenvalue weighted by molar-refractivity contribution is 9.10. The van der Waals surface area contributed by atoms with Crippen molar-refractivity contribution < 1.29 is 4.52 Å². The molecule has 0 atom stereocenters. The quantitative estimate of drug-likeness (QED) is 0.943. The van der Waals surface area contributed by atoms with Crippen LogP contribution in [-0.4, -0.2) is 10.1 Å². The molecule has 2 aromatic heterocycles. The van der Waals surface area contributed by atoms with E-state index in [0.717, 1.165) is 16.1 Å². The van der Waals surface area contributed by atoms with Gasteiger partial charge >= 0.3 is 0 Å². The van der Waals surface area contributed by atoms with Gasteiger partial charge in [-0.05, 0) is 22.0 Å². The second-order valence-electron chi connectivity index (χ2n) is 2.82. The van der Waals surface area contributed by atoms with Gasteiger partial charge < -0.3 is 9.84 Å². The van der Waals surface area contributed by atoms with Gasteiger partial charge in [0.05, 0.1) is 22.2 Å². The van der Waals surface area contributed by atoms with E-state index in [2.05, 4.69) is 31.4 Å². The van der Waals surface area contributed by atoms with Crippen LogP contribution in [0, 0.1) is 0 Å². The van der Waals surface area contributed by atoms with Crippen molar-refractivity contribution in [2.75, 3.05) is 5.32 Å². The first-order valence-electron chi connectivity index (χ1n) is 4.20. The summed E-state index contributed by atoms with van der Waals surface area (Å²) in [6.45, 7) is 0.535. The first kappa shape index (κ1) is 10.4.